The Bertz CT molecular complexity index is 1100. The molecule has 0 saturated carbocycles. The van der Waals surface area contributed by atoms with E-state index in [2.05, 4.69) is 69.4 Å². The van der Waals surface area contributed by atoms with Crippen LogP contribution in [-0.4, -0.2) is 52.2 Å². The second-order valence-corrected chi connectivity index (χ2v) is 9.56. The van der Waals surface area contributed by atoms with E-state index in [4.69, 9.17) is 4.74 Å². The van der Waals surface area contributed by atoms with E-state index in [9.17, 15) is 5.26 Å². The van der Waals surface area contributed by atoms with E-state index in [1.807, 2.05) is 19.1 Å². The lowest BCUT2D eigenvalue weighted by molar-refractivity contribution is 0.239. The molecule has 1 aromatic carbocycles. The summed E-state index contributed by atoms with van der Waals surface area (Å²) in [6, 6.07) is 12.6. The monoisotopic (exact) mass is 432 g/mol. The number of nitrogens with zero attached hydrogens (tertiary/aromatic N) is 6. The quantitative estimate of drug-likeness (QED) is 0.585. The van der Waals surface area contributed by atoms with Crippen LogP contribution >= 0.6 is 0 Å². The number of ether oxygens (including phenoxy) is 1. The number of piperazine rings is 1. The van der Waals surface area contributed by atoms with Crippen LogP contribution in [0.15, 0.2) is 36.5 Å². The molecular formula is C25H32N6O. The van der Waals surface area contributed by atoms with Crippen molar-refractivity contribution in [2.45, 2.75) is 40.8 Å². The van der Waals surface area contributed by atoms with Gasteiger partial charge in [-0.3, -0.25) is 4.90 Å². The van der Waals surface area contributed by atoms with Gasteiger partial charge < -0.3 is 14.2 Å². The third-order valence-corrected chi connectivity index (χ3v) is 5.72. The van der Waals surface area contributed by atoms with Crippen LogP contribution in [0.3, 0.4) is 0 Å². The van der Waals surface area contributed by atoms with Crippen molar-refractivity contribution < 1.29 is 4.74 Å². The minimum Gasteiger partial charge on any atom is -0.494 e. The maximum absolute atomic E-state index is 9.24. The lowest BCUT2D eigenvalue weighted by atomic mass is 9.97. The first kappa shape index (κ1) is 22.1. The molecule has 0 bridgehead atoms. The van der Waals surface area contributed by atoms with Gasteiger partial charge in [0.15, 0.2) is 0 Å². The van der Waals surface area contributed by atoms with Crippen LogP contribution in [0.1, 0.15) is 39.2 Å². The Morgan fingerprint density at radius 2 is 1.81 bits per heavy atom. The molecule has 3 heterocycles. The molecule has 7 heteroatoms. The number of benzene rings is 1. The van der Waals surface area contributed by atoms with Crippen molar-refractivity contribution in [1.82, 2.24) is 19.4 Å². The molecule has 4 rings (SSSR count). The van der Waals surface area contributed by atoms with Gasteiger partial charge in [0, 0.05) is 62.2 Å². The number of hydrogen-bond donors (Lipinski definition) is 0. The van der Waals surface area contributed by atoms with Gasteiger partial charge in [-0.1, -0.05) is 20.8 Å². The summed E-state index contributed by atoms with van der Waals surface area (Å²) in [6.07, 6.45) is 1.77. The van der Waals surface area contributed by atoms with Crippen LogP contribution < -0.4 is 9.64 Å². The third kappa shape index (κ3) is 5.03. The van der Waals surface area contributed by atoms with E-state index < -0.39 is 0 Å². The highest BCUT2D eigenvalue weighted by Crippen LogP contribution is 2.26. The Kier molecular flexibility index (Phi) is 6.33. The molecule has 0 N–H and O–H groups in total. The van der Waals surface area contributed by atoms with Crippen LogP contribution in [0.25, 0.3) is 11.0 Å². The molecule has 2 aromatic heterocycles. The van der Waals surface area contributed by atoms with E-state index in [1.54, 1.807) is 6.20 Å². The molecule has 0 radical (unpaired) electrons. The fourth-order valence-electron chi connectivity index (χ4n) is 4.24. The van der Waals surface area contributed by atoms with Gasteiger partial charge in [0.25, 0.3) is 0 Å². The summed E-state index contributed by atoms with van der Waals surface area (Å²) in [5, 5.41) is 10.2. The number of hydrogen-bond acceptors (Lipinski definition) is 6. The highest BCUT2D eigenvalue weighted by molar-refractivity contribution is 5.77. The summed E-state index contributed by atoms with van der Waals surface area (Å²) in [5.74, 6) is 1.14. The molecule has 0 unspecified atom stereocenters. The molecule has 1 aliphatic rings. The summed E-state index contributed by atoms with van der Waals surface area (Å²) >= 11 is 0. The second-order valence-electron chi connectivity index (χ2n) is 9.56. The van der Waals surface area contributed by atoms with Crippen molar-refractivity contribution in [2.24, 2.45) is 5.41 Å². The average molecular weight is 433 g/mol. The van der Waals surface area contributed by atoms with Gasteiger partial charge in [-0.15, -0.1) is 0 Å². The number of anilines is 1. The molecule has 1 saturated heterocycles. The molecule has 0 amide bonds. The Labute approximate surface area is 190 Å². The summed E-state index contributed by atoms with van der Waals surface area (Å²) in [6.45, 7) is 15.1. The first-order valence-corrected chi connectivity index (χ1v) is 11.3. The first-order chi connectivity index (χ1) is 15.4. The van der Waals surface area contributed by atoms with Crippen molar-refractivity contribution in [2.75, 3.05) is 37.7 Å². The van der Waals surface area contributed by atoms with Crippen molar-refractivity contribution in [3.63, 3.8) is 0 Å². The van der Waals surface area contributed by atoms with Crippen LogP contribution in [-0.2, 0) is 13.1 Å². The number of fused-ring (bicyclic) bond motifs is 1. The lowest BCUT2D eigenvalue weighted by Gasteiger charge is -2.36. The van der Waals surface area contributed by atoms with Crippen LogP contribution in [0, 0.1) is 16.7 Å². The zero-order valence-corrected chi connectivity index (χ0v) is 19.5. The van der Waals surface area contributed by atoms with Gasteiger partial charge in [-0.05, 0) is 42.7 Å². The highest BCUT2D eigenvalue weighted by atomic mass is 16.5. The van der Waals surface area contributed by atoms with Crippen molar-refractivity contribution in [1.29, 1.82) is 5.26 Å². The predicted octanol–water partition coefficient (Wildman–Crippen LogP) is 4.07. The number of nitriles is 1. The molecule has 7 nitrogen and oxygen atoms in total. The predicted molar refractivity (Wildman–Crippen MR) is 127 cm³/mol. The van der Waals surface area contributed by atoms with E-state index in [0.717, 1.165) is 56.1 Å². The molecule has 1 aliphatic heterocycles. The van der Waals surface area contributed by atoms with E-state index in [0.29, 0.717) is 6.61 Å². The maximum atomic E-state index is 9.24. The zero-order chi connectivity index (χ0) is 22.7. The van der Waals surface area contributed by atoms with Crippen molar-refractivity contribution in [3.05, 3.63) is 48.0 Å². The highest BCUT2D eigenvalue weighted by Gasteiger charge is 2.22. The topological polar surface area (TPSA) is 70.2 Å². The van der Waals surface area contributed by atoms with E-state index >= 15 is 0 Å². The fraction of sp³-hybridized carbons (Fsp3) is 0.480. The Hall–Kier alpha value is -3.11. The van der Waals surface area contributed by atoms with Gasteiger partial charge in [0.1, 0.15) is 17.5 Å². The minimum absolute atomic E-state index is 0.102. The van der Waals surface area contributed by atoms with Crippen molar-refractivity contribution in [3.8, 4) is 11.8 Å². The molecule has 1 fully saturated rings. The molecule has 3 aromatic rings. The average Bonchev–Trinajstić information content (AvgIpc) is 3.10. The first-order valence-electron chi connectivity index (χ1n) is 11.3. The molecule has 0 atom stereocenters. The molecule has 32 heavy (non-hydrogen) atoms. The lowest BCUT2D eigenvalue weighted by Crippen LogP contribution is -2.46. The van der Waals surface area contributed by atoms with Gasteiger partial charge in [0.2, 0.25) is 5.82 Å². The smallest absolute Gasteiger partial charge is 0.234 e. The molecule has 0 aliphatic carbocycles. The van der Waals surface area contributed by atoms with Gasteiger partial charge >= 0.3 is 0 Å². The summed E-state index contributed by atoms with van der Waals surface area (Å²) in [4.78, 5) is 13.6. The molecule has 0 spiro atoms. The Morgan fingerprint density at radius 3 is 2.44 bits per heavy atom. The minimum atomic E-state index is 0.102. The Balaban J connectivity index is 1.48. The number of rotatable bonds is 6. The zero-order valence-electron chi connectivity index (χ0n) is 19.5. The second kappa shape index (κ2) is 9.17. The van der Waals surface area contributed by atoms with Crippen LogP contribution in [0.2, 0.25) is 0 Å². The summed E-state index contributed by atoms with van der Waals surface area (Å²) < 4.78 is 7.83. The van der Waals surface area contributed by atoms with Gasteiger partial charge in [0.05, 0.1) is 6.61 Å². The standard InChI is InChI=1S/C25H32N6O/c1-5-32-22-8-6-20(7-9-22)30-12-10-29(11-13-30)17-21-14-19-16-27-23(15-26)28-24(19)31(21)18-25(2,3)4/h6-9,14,16H,5,10-13,17-18H2,1-4H3. The van der Waals surface area contributed by atoms with Gasteiger partial charge in [-0.25, -0.2) is 9.97 Å². The third-order valence-electron chi connectivity index (χ3n) is 5.72. The fourth-order valence-corrected chi connectivity index (χ4v) is 4.24. The van der Waals surface area contributed by atoms with E-state index in [-0.39, 0.29) is 11.2 Å². The maximum Gasteiger partial charge on any atom is 0.234 e. The normalized spacial score (nSPS) is 15.2. The summed E-state index contributed by atoms with van der Waals surface area (Å²) in [7, 11) is 0. The molecule has 168 valence electrons. The van der Waals surface area contributed by atoms with E-state index in [1.165, 1.54) is 11.4 Å². The number of aromatic nitrogens is 3. The molecular weight excluding hydrogens is 400 g/mol. The van der Waals surface area contributed by atoms with Crippen LogP contribution in [0.5, 0.6) is 5.75 Å². The van der Waals surface area contributed by atoms with Crippen molar-refractivity contribution >= 4 is 16.7 Å². The van der Waals surface area contributed by atoms with Crippen LogP contribution in [0.4, 0.5) is 5.69 Å². The largest absolute Gasteiger partial charge is 0.494 e. The SMILES string of the molecule is CCOc1ccc(N2CCN(Cc3cc4cnc(C#N)nc4n3CC(C)(C)C)CC2)cc1. The Morgan fingerprint density at radius 1 is 1.09 bits per heavy atom. The van der Waals surface area contributed by atoms with Gasteiger partial charge in [-0.2, -0.15) is 5.26 Å². The summed E-state index contributed by atoms with van der Waals surface area (Å²) in [5.41, 5.74) is 3.43.